The summed E-state index contributed by atoms with van der Waals surface area (Å²) in [5.41, 5.74) is 1.31. The van der Waals surface area contributed by atoms with Gasteiger partial charge in [0.2, 0.25) is 0 Å². The average Bonchev–Trinajstić information content (AvgIpc) is 2.98. The van der Waals surface area contributed by atoms with Crippen LogP contribution in [0.1, 0.15) is 23.7 Å². The topological polar surface area (TPSA) is 52.8 Å². The summed E-state index contributed by atoms with van der Waals surface area (Å²) in [4.78, 5) is 17.5. The second-order valence-corrected chi connectivity index (χ2v) is 6.93. The molecule has 1 aliphatic rings. The van der Waals surface area contributed by atoms with E-state index in [1.54, 1.807) is 24.3 Å². The molecule has 0 saturated carbocycles. The number of thiazole rings is 1. The van der Waals surface area contributed by atoms with E-state index in [4.69, 9.17) is 9.47 Å². The van der Waals surface area contributed by atoms with Crippen LogP contribution in [-0.2, 0) is 6.54 Å². The van der Waals surface area contributed by atoms with Crippen LogP contribution in [0.3, 0.4) is 0 Å². The Bertz CT molecular complexity index is 1050. The zero-order chi connectivity index (χ0) is 18.1. The fraction of sp³-hybridized carbons (Fsp3) is 0.263. The lowest BCUT2D eigenvalue weighted by atomic mass is 10.2. The van der Waals surface area contributed by atoms with Crippen molar-refractivity contribution >= 4 is 27.5 Å². The number of benzene rings is 2. The molecule has 0 spiro atoms. The summed E-state index contributed by atoms with van der Waals surface area (Å²) in [7, 11) is 0. The van der Waals surface area contributed by atoms with Crippen LogP contribution in [0.5, 0.6) is 11.5 Å². The summed E-state index contributed by atoms with van der Waals surface area (Å²) >= 11 is 1.31. The molecule has 26 heavy (non-hydrogen) atoms. The molecular weight excluding hydrogens is 355 g/mol. The van der Waals surface area contributed by atoms with Crippen molar-refractivity contribution in [3.05, 3.63) is 52.6 Å². The summed E-state index contributed by atoms with van der Waals surface area (Å²) in [5.74, 6) is 0.522. The van der Waals surface area contributed by atoms with Crippen LogP contribution in [0.4, 0.5) is 4.39 Å². The fourth-order valence-electron chi connectivity index (χ4n) is 2.90. The molecule has 1 aliphatic heterocycles. The number of rotatable bonds is 3. The van der Waals surface area contributed by atoms with Crippen LogP contribution < -0.4 is 14.3 Å². The van der Waals surface area contributed by atoms with Gasteiger partial charge < -0.3 is 14.0 Å². The number of carbonyl (C=O) groups excluding carboxylic acids is 1. The molecule has 0 radical (unpaired) electrons. The van der Waals surface area contributed by atoms with Crippen molar-refractivity contribution in [2.45, 2.75) is 19.9 Å². The number of fused-ring (bicyclic) bond motifs is 2. The Balaban J connectivity index is 1.77. The molecule has 3 aromatic rings. The van der Waals surface area contributed by atoms with E-state index in [-0.39, 0.29) is 11.7 Å². The maximum Gasteiger partial charge on any atom is 0.279 e. The number of halogens is 1. The van der Waals surface area contributed by atoms with E-state index in [0.717, 1.165) is 16.6 Å². The van der Waals surface area contributed by atoms with Gasteiger partial charge in [0.15, 0.2) is 16.3 Å². The third-order valence-corrected chi connectivity index (χ3v) is 5.12. The highest BCUT2D eigenvalue weighted by Gasteiger charge is 2.15. The lowest BCUT2D eigenvalue weighted by molar-refractivity contribution is 0.0996. The summed E-state index contributed by atoms with van der Waals surface area (Å²) < 4.78 is 27.2. The monoisotopic (exact) mass is 372 g/mol. The molecule has 0 N–H and O–H groups in total. The molecule has 2 aromatic carbocycles. The molecule has 0 fully saturated rings. The number of aromatic nitrogens is 1. The van der Waals surface area contributed by atoms with Gasteiger partial charge in [0, 0.05) is 12.1 Å². The highest BCUT2D eigenvalue weighted by molar-refractivity contribution is 7.16. The smallest absolute Gasteiger partial charge is 0.279 e. The summed E-state index contributed by atoms with van der Waals surface area (Å²) in [6, 6.07) is 9.67. The van der Waals surface area contributed by atoms with E-state index in [1.807, 2.05) is 11.5 Å². The number of amides is 1. The number of ether oxygens (including phenoxy) is 2. The van der Waals surface area contributed by atoms with Gasteiger partial charge in [-0.1, -0.05) is 18.3 Å². The third kappa shape index (κ3) is 3.10. The van der Waals surface area contributed by atoms with Crippen LogP contribution in [0.2, 0.25) is 0 Å². The van der Waals surface area contributed by atoms with Gasteiger partial charge in [-0.2, -0.15) is 4.99 Å². The number of aryl methyl sites for hydroxylation is 1. The molecule has 5 nitrogen and oxygen atoms in total. The SMILES string of the molecule is CCCn1c(=NC(=O)c2ccc3c(c2)OCCO3)sc2cc(F)ccc21. The minimum atomic E-state index is -0.362. The molecule has 134 valence electrons. The Morgan fingerprint density at radius 1 is 1.19 bits per heavy atom. The fourth-order valence-corrected chi connectivity index (χ4v) is 3.98. The number of hydrogen-bond donors (Lipinski definition) is 0. The Morgan fingerprint density at radius 3 is 2.81 bits per heavy atom. The van der Waals surface area contributed by atoms with Crippen LogP contribution >= 0.6 is 11.3 Å². The van der Waals surface area contributed by atoms with Gasteiger partial charge in [0.1, 0.15) is 19.0 Å². The number of carbonyl (C=O) groups is 1. The van der Waals surface area contributed by atoms with E-state index >= 15 is 0 Å². The minimum Gasteiger partial charge on any atom is -0.486 e. The first-order valence-corrected chi connectivity index (χ1v) is 9.25. The van der Waals surface area contributed by atoms with Crippen LogP contribution in [0.15, 0.2) is 41.4 Å². The van der Waals surface area contributed by atoms with Crippen molar-refractivity contribution in [1.82, 2.24) is 4.57 Å². The highest BCUT2D eigenvalue weighted by atomic mass is 32.1. The molecule has 4 rings (SSSR count). The molecule has 0 aliphatic carbocycles. The summed E-state index contributed by atoms with van der Waals surface area (Å²) in [6.45, 7) is 3.71. The molecule has 2 heterocycles. The van der Waals surface area contributed by atoms with Gasteiger partial charge in [-0.05, 0) is 42.8 Å². The van der Waals surface area contributed by atoms with Crippen LogP contribution in [-0.4, -0.2) is 23.7 Å². The Morgan fingerprint density at radius 2 is 2.00 bits per heavy atom. The number of nitrogens with zero attached hydrogens (tertiary/aromatic N) is 2. The first-order valence-electron chi connectivity index (χ1n) is 8.43. The number of hydrogen-bond acceptors (Lipinski definition) is 4. The van der Waals surface area contributed by atoms with E-state index in [9.17, 15) is 9.18 Å². The normalized spacial score (nSPS) is 14.0. The van der Waals surface area contributed by atoms with E-state index in [0.29, 0.717) is 41.6 Å². The van der Waals surface area contributed by atoms with E-state index < -0.39 is 0 Å². The third-order valence-electron chi connectivity index (χ3n) is 4.08. The maximum absolute atomic E-state index is 13.5. The van der Waals surface area contributed by atoms with E-state index in [2.05, 4.69) is 4.99 Å². The first kappa shape index (κ1) is 16.8. The average molecular weight is 372 g/mol. The first-order chi connectivity index (χ1) is 12.7. The van der Waals surface area contributed by atoms with Gasteiger partial charge >= 0.3 is 0 Å². The molecule has 0 unspecified atom stereocenters. The second-order valence-electron chi connectivity index (χ2n) is 5.92. The zero-order valence-electron chi connectivity index (χ0n) is 14.2. The maximum atomic E-state index is 13.5. The molecule has 0 atom stereocenters. The lowest BCUT2D eigenvalue weighted by Gasteiger charge is -2.18. The van der Waals surface area contributed by atoms with Crippen LogP contribution in [0, 0.1) is 5.82 Å². The summed E-state index contributed by atoms with van der Waals surface area (Å²) in [6.07, 6.45) is 0.884. The molecule has 0 bridgehead atoms. The van der Waals surface area contributed by atoms with Crippen molar-refractivity contribution in [3.8, 4) is 11.5 Å². The minimum absolute atomic E-state index is 0.299. The van der Waals surface area contributed by atoms with Gasteiger partial charge in [0.25, 0.3) is 5.91 Å². The molecule has 0 saturated heterocycles. The standard InChI is InChI=1S/C19H17FN2O3S/c1-2-7-22-14-5-4-13(20)11-17(14)26-19(22)21-18(23)12-3-6-15-16(10-12)25-9-8-24-15/h3-6,10-11H,2,7-9H2,1H3. The quantitative estimate of drug-likeness (QED) is 0.703. The molecule has 7 heteroatoms. The van der Waals surface area contributed by atoms with Crippen molar-refractivity contribution in [2.24, 2.45) is 4.99 Å². The zero-order valence-corrected chi connectivity index (χ0v) is 15.0. The second kappa shape index (κ2) is 6.92. The Labute approximate surface area is 153 Å². The molecular formula is C19H17FN2O3S. The Kier molecular flexibility index (Phi) is 4.46. The van der Waals surface area contributed by atoms with Crippen molar-refractivity contribution in [3.63, 3.8) is 0 Å². The van der Waals surface area contributed by atoms with Crippen molar-refractivity contribution in [2.75, 3.05) is 13.2 Å². The summed E-state index contributed by atoms with van der Waals surface area (Å²) in [5, 5.41) is 0. The predicted molar refractivity (Wildman–Crippen MR) is 97.4 cm³/mol. The van der Waals surface area contributed by atoms with Gasteiger partial charge in [-0.15, -0.1) is 0 Å². The molecule has 1 aromatic heterocycles. The largest absolute Gasteiger partial charge is 0.486 e. The van der Waals surface area contributed by atoms with Gasteiger partial charge in [-0.25, -0.2) is 4.39 Å². The van der Waals surface area contributed by atoms with Gasteiger partial charge in [0.05, 0.1) is 10.2 Å². The predicted octanol–water partition coefficient (Wildman–Crippen LogP) is 3.76. The van der Waals surface area contributed by atoms with Gasteiger partial charge in [-0.3, -0.25) is 4.79 Å². The molecule has 1 amide bonds. The Hall–Kier alpha value is -2.67. The van der Waals surface area contributed by atoms with E-state index in [1.165, 1.54) is 23.5 Å². The van der Waals surface area contributed by atoms with Crippen molar-refractivity contribution in [1.29, 1.82) is 0 Å². The lowest BCUT2D eigenvalue weighted by Crippen LogP contribution is -2.17. The van der Waals surface area contributed by atoms with Crippen molar-refractivity contribution < 1.29 is 18.7 Å². The van der Waals surface area contributed by atoms with Crippen LogP contribution in [0.25, 0.3) is 10.2 Å². The highest BCUT2D eigenvalue weighted by Crippen LogP contribution is 2.31.